The zero-order chi connectivity index (χ0) is 21.1. The Kier molecular flexibility index (Phi) is 7.42. The molecule has 28 heavy (non-hydrogen) atoms. The Labute approximate surface area is 172 Å². The minimum absolute atomic E-state index is 0.322. The summed E-state index contributed by atoms with van der Waals surface area (Å²) in [6, 6.07) is 10.8. The lowest BCUT2D eigenvalue weighted by Crippen LogP contribution is -2.69. The number of rotatable bonds is 6. The van der Waals surface area contributed by atoms with Crippen LogP contribution in [0.15, 0.2) is 43.0 Å². The van der Waals surface area contributed by atoms with Gasteiger partial charge in [-0.15, -0.1) is 0 Å². The lowest BCUT2D eigenvalue weighted by molar-refractivity contribution is -0.137. The Bertz CT molecular complexity index is 675. The van der Waals surface area contributed by atoms with E-state index in [1.54, 1.807) is 0 Å². The number of hydrogen-bond donors (Lipinski definition) is 0. The number of esters is 1. The highest BCUT2D eigenvalue weighted by atomic mass is 28.5. The lowest BCUT2D eigenvalue weighted by atomic mass is 10.4. The van der Waals surface area contributed by atoms with Gasteiger partial charge in [0.25, 0.3) is 0 Å². The van der Waals surface area contributed by atoms with Crippen molar-refractivity contribution in [3.05, 3.63) is 43.0 Å². The van der Waals surface area contributed by atoms with E-state index in [2.05, 4.69) is 58.0 Å². The van der Waals surface area contributed by atoms with Crippen molar-refractivity contribution < 1.29 is 26.0 Å². The third-order valence-corrected chi connectivity index (χ3v) is 21.4. The van der Waals surface area contributed by atoms with Crippen molar-refractivity contribution in [3.63, 3.8) is 0 Å². The molecule has 156 valence electrons. The zero-order valence-electron chi connectivity index (χ0n) is 17.7. The summed E-state index contributed by atoms with van der Waals surface area (Å²) >= 11 is 0. The van der Waals surface area contributed by atoms with Gasteiger partial charge >= 0.3 is 40.2 Å². The van der Waals surface area contributed by atoms with Crippen molar-refractivity contribution >= 4 is 45.4 Å². The van der Waals surface area contributed by atoms with Gasteiger partial charge in [-0.3, -0.25) is 0 Å². The molecule has 0 N–H and O–H groups in total. The molecule has 2 rings (SSSR count). The summed E-state index contributed by atoms with van der Waals surface area (Å²) in [4.78, 5) is 11.2. The first-order valence-corrected chi connectivity index (χ1v) is 20.0. The van der Waals surface area contributed by atoms with Gasteiger partial charge in [-0.25, -0.2) is 4.79 Å². The Hall–Kier alpha value is -0.862. The molecule has 0 amide bonds. The highest BCUT2D eigenvalue weighted by Crippen LogP contribution is 2.33. The van der Waals surface area contributed by atoms with E-state index >= 15 is 0 Å². The van der Waals surface area contributed by atoms with E-state index in [-0.39, 0.29) is 0 Å². The van der Waals surface area contributed by atoms with Crippen molar-refractivity contribution in [2.75, 3.05) is 6.61 Å². The first-order valence-electron chi connectivity index (χ1n) is 9.54. The molecule has 0 aromatic heterocycles. The molecule has 1 saturated heterocycles. The van der Waals surface area contributed by atoms with Gasteiger partial charge in [-0.1, -0.05) is 36.9 Å². The number of carbonyl (C=O) groups excluding carboxylic acids is 1. The number of hydrogen-bond acceptors (Lipinski definition) is 6. The predicted molar refractivity (Wildman–Crippen MR) is 119 cm³/mol. The number of carbonyl (C=O) groups is 1. The minimum atomic E-state index is -2.67. The van der Waals surface area contributed by atoms with E-state index in [0.717, 1.165) is 5.19 Å². The quantitative estimate of drug-likeness (QED) is 0.282. The highest BCUT2D eigenvalue weighted by molar-refractivity contribution is 6.97. The average molecular weight is 457 g/mol. The van der Waals surface area contributed by atoms with Crippen molar-refractivity contribution in [2.24, 2.45) is 0 Å². The van der Waals surface area contributed by atoms with Crippen LogP contribution in [0.4, 0.5) is 0 Å². The van der Waals surface area contributed by atoms with E-state index in [1.807, 2.05) is 18.2 Å². The van der Waals surface area contributed by atoms with E-state index in [1.165, 1.54) is 6.08 Å². The van der Waals surface area contributed by atoms with Gasteiger partial charge in [0, 0.05) is 6.08 Å². The maximum Gasteiger partial charge on any atom is 0.351 e. The zero-order valence-corrected chi connectivity index (χ0v) is 21.7. The van der Waals surface area contributed by atoms with Crippen LogP contribution in [0.25, 0.3) is 0 Å². The molecule has 1 aromatic rings. The van der Waals surface area contributed by atoms with Crippen LogP contribution < -0.4 is 5.19 Å². The predicted octanol–water partition coefficient (Wildman–Crippen LogP) is 3.64. The van der Waals surface area contributed by atoms with Gasteiger partial charge in [-0.2, -0.15) is 0 Å². The van der Waals surface area contributed by atoms with E-state index in [4.69, 9.17) is 21.2 Å². The number of benzene rings is 1. The molecule has 0 radical (unpaired) electrons. The van der Waals surface area contributed by atoms with Crippen molar-refractivity contribution in [3.8, 4) is 0 Å². The molecule has 6 nitrogen and oxygen atoms in total. The topological polar surface area (TPSA) is 63.2 Å². The van der Waals surface area contributed by atoms with Crippen LogP contribution in [0.3, 0.4) is 0 Å². The summed E-state index contributed by atoms with van der Waals surface area (Å²) in [5, 5.41) is 1.09. The van der Waals surface area contributed by atoms with Gasteiger partial charge < -0.3 is 21.2 Å². The van der Waals surface area contributed by atoms with Gasteiger partial charge in [0.2, 0.25) is 0 Å². The molecular weight excluding hydrogens is 425 g/mol. The van der Waals surface area contributed by atoms with Crippen LogP contribution in [-0.2, 0) is 26.0 Å². The van der Waals surface area contributed by atoms with Crippen molar-refractivity contribution in [1.82, 2.24) is 0 Å². The third-order valence-electron chi connectivity index (χ3n) is 4.29. The molecule has 0 aliphatic carbocycles. The Balaban J connectivity index is 2.19. The fraction of sp³-hybridized carbons (Fsp3) is 0.500. The van der Waals surface area contributed by atoms with E-state index in [0.29, 0.717) is 19.1 Å². The second-order valence-electron chi connectivity index (χ2n) is 8.13. The van der Waals surface area contributed by atoms with E-state index < -0.39 is 40.2 Å². The molecular formula is C18H32O6Si4. The molecule has 1 heterocycles. The van der Waals surface area contributed by atoms with Gasteiger partial charge in [-0.05, 0) is 56.9 Å². The second-order valence-corrected chi connectivity index (χ2v) is 22.2. The third kappa shape index (κ3) is 6.59. The molecule has 1 fully saturated rings. The summed E-state index contributed by atoms with van der Waals surface area (Å²) in [7, 11) is -10.2. The molecule has 0 unspecified atom stereocenters. The molecule has 0 atom stereocenters. The Morgan fingerprint density at radius 2 is 1.50 bits per heavy atom. The molecule has 0 spiro atoms. The summed E-state index contributed by atoms with van der Waals surface area (Å²) in [6.07, 6.45) is 1.84. The maximum absolute atomic E-state index is 11.2. The van der Waals surface area contributed by atoms with Gasteiger partial charge in [0.1, 0.15) is 0 Å². The van der Waals surface area contributed by atoms with Gasteiger partial charge in [0.15, 0.2) is 0 Å². The monoisotopic (exact) mass is 456 g/mol. The van der Waals surface area contributed by atoms with Crippen LogP contribution in [0.1, 0.15) is 6.42 Å². The fourth-order valence-electron chi connectivity index (χ4n) is 3.65. The van der Waals surface area contributed by atoms with Crippen molar-refractivity contribution in [2.45, 2.75) is 51.7 Å². The molecule has 0 bridgehead atoms. The van der Waals surface area contributed by atoms with E-state index in [9.17, 15) is 4.79 Å². The Morgan fingerprint density at radius 1 is 0.964 bits per heavy atom. The molecule has 0 saturated carbocycles. The SMILES string of the molecule is C=CC(=O)OCCC[Si]1(C)O[Si](C)(C)O[Si](C)(c2ccccc2)O[Si](C)(C)O1. The van der Waals surface area contributed by atoms with Crippen LogP contribution >= 0.6 is 0 Å². The first-order chi connectivity index (χ1) is 12.9. The second kappa shape index (κ2) is 8.88. The van der Waals surface area contributed by atoms with Crippen LogP contribution in [0.5, 0.6) is 0 Å². The maximum atomic E-state index is 11.2. The molecule has 1 aliphatic heterocycles. The largest absolute Gasteiger partial charge is 0.463 e. The van der Waals surface area contributed by atoms with Crippen LogP contribution in [-0.4, -0.2) is 46.8 Å². The highest BCUT2D eigenvalue weighted by Gasteiger charge is 2.54. The van der Waals surface area contributed by atoms with Crippen molar-refractivity contribution in [1.29, 1.82) is 0 Å². The number of ether oxygens (including phenoxy) is 1. The standard InChI is InChI=1S/C18H32O6Si4/c1-8-18(19)20-15-12-16-27(6)21-25(2,3)23-28(7,24-26(4,5)22-27)17-13-10-9-11-14-17/h8-11,13-14H,1,12,15-16H2,2-7H3. The fourth-order valence-corrected chi connectivity index (χ4v) is 25.0. The van der Waals surface area contributed by atoms with Gasteiger partial charge in [0.05, 0.1) is 6.61 Å². The molecule has 1 aliphatic rings. The van der Waals surface area contributed by atoms with Crippen LogP contribution in [0.2, 0.25) is 45.3 Å². The average Bonchev–Trinajstić information content (AvgIpc) is 2.56. The summed E-state index contributed by atoms with van der Waals surface area (Å²) in [6.45, 7) is 16.1. The normalized spacial score (nSPS) is 29.4. The summed E-state index contributed by atoms with van der Waals surface area (Å²) in [5.74, 6) is -0.410. The minimum Gasteiger partial charge on any atom is -0.463 e. The summed E-state index contributed by atoms with van der Waals surface area (Å²) < 4.78 is 31.7. The smallest absolute Gasteiger partial charge is 0.351 e. The van der Waals surface area contributed by atoms with Crippen LogP contribution in [0, 0.1) is 0 Å². The molecule has 1 aromatic carbocycles. The molecule has 10 heteroatoms. The summed E-state index contributed by atoms with van der Waals surface area (Å²) in [5.41, 5.74) is 0. The first kappa shape index (κ1) is 23.4. The lowest BCUT2D eigenvalue weighted by Gasteiger charge is -2.48. The Morgan fingerprint density at radius 3 is 2.00 bits per heavy atom.